The van der Waals surface area contributed by atoms with Crippen LogP contribution >= 0.6 is 11.8 Å². The van der Waals surface area contributed by atoms with Crippen LogP contribution in [0, 0.1) is 5.41 Å². The van der Waals surface area contributed by atoms with Gasteiger partial charge in [0.15, 0.2) is 0 Å². The number of alkyl halides is 3. The van der Waals surface area contributed by atoms with Crippen LogP contribution in [0.1, 0.15) is 32.3 Å². The first-order chi connectivity index (χ1) is 9.66. The first-order valence-corrected chi connectivity index (χ1v) is 7.29. The van der Waals surface area contributed by atoms with Gasteiger partial charge in [0, 0.05) is 11.6 Å². The molecule has 118 valence electrons. The summed E-state index contributed by atoms with van der Waals surface area (Å²) in [5.41, 5.74) is 4.41. The molecule has 0 radical (unpaired) electrons. The van der Waals surface area contributed by atoms with Crippen LogP contribution in [-0.2, 0) is 6.18 Å². The summed E-state index contributed by atoms with van der Waals surface area (Å²) >= 11 is 1.38. The van der Waals surface area contributed by atoms with Gasteiger partial charge in [0.1, 0.15) is 5.84 Å². The Kier molecular flexibility index (Phi) is 5.88. The Balaban J connectivity index is 2.43. The Morgan fingerprint density at radius 1 is 1.38 bits per heavy atom. The number of halogens is 3. The number of oxime groups is 1. The number of aromatic nitrogens is 1. The van der Waals surface area contributed by atoms with E-state index in [4.69, 9.17) is 10.9 Å². The molecule has 21 heavy (non-hydrogen) atoms. The summed E-state index contributed by atoms with van der Waals surface area (Å²) in [6.45, 7) is 3.73. The van der Waals surface area contributed by atoms with Crippen molar-refractivity contribution >= 4 is 17.6 Å². The van der Waals surface area contributed by atoms with Gasteiger partial charge in [0.2, 0.25) is 0 Å². The van der Waals surface area contributed by atoms with E-state index in [-0.39, 0.29) is 5.84 Å². The zero-order valence-electron chi connectivity index (χ0n) is 11.8. The number of nitrogens with two attached hydrogens (primary N) is 1. The second-order valence-corrected chi connectivity index (χ2v) is 6.32. The highest BCUT2D eigenvalue weighted by Gasteiger charge is 2.30. The van der Waals surface area contributed by atoms with Gasteiger partial charge in [-0.3, -0.25) is 0 Å². The highest BCUT2D eigenvalue weighted by molar-refractivity contribution is 7.99. The van der Waals surface area contributed by atoms with Crippen LogP contribution in [0.25, 0.3) is 0 Å². The van der Waals surface area contributed by atoms with Crippen LogP contribution in [-0.4, -0.2) is 21.8 Å². The highest BCUT2D eigenvalue weighted by atomic mass is 32.2. The first-order valence-electron chi connectivity index (χ1n) is 6.31. The second kappa shape index (κ2) is 7.02. The van der Waals surface area contributed by atoms with Crippen molar-refractivity contribution in [1.29, 1.82) is 0 Å². The number of thioether (sulfide) groups is 1. The average molecular weight is 321 g/mol. The number of nitrogens with zero attached hydrogens (tertiary/aromatic N) is 2. The molecular weight excluding hydrogens is 303 g/mol. The van der Waals surface area contributed by atoms with E-state index in [0.717, 1.165) is 18.7 Å². The van der Waals surface area contributed by atoms with E-state index in [1.165, 1.54) is 17.8 Å². The van der Waals surface area contributed by atoms with Gasteiger partial charge in [0.25, 0.3) is 0 Å². The van der Waals surface area contributed by atoms with Gasteiger partial charge in [-0.05, 0) is 30.7 Å². The molecule has 4 nitrogen and oxygen atoms in total. The molecule has 0 saturated heterocycles. The molecule has 0 aromatic carbocycles. The third-order valence-electron chi connectivity index (χ3n) is 3.06. The van der Waals surface area contributed by atoms with Gasteiger partial charge in [0.05, 0.1) is 10.6 Å². The molecule has 0 bridgehead atoms. The smallest absolute Gasteiger partial charge is 0.409 e. The Morgan fingerprint density at radius 3 is 2.52 bits per heavy atom. The van der Waals surface area contributed by atoms with Crippen molar-refractivity contribution in [3.8, 4) is 0 Å². The lowest BCUT2D eigenvalue weighted by atomic mass is 9.87. The number of pyridine rings is 1. The van der Waals surface area contributed by atoms with E-state index in [1.807, 2.05) is 13.8 Å². The second-order valence-electron chi connectivity index (χ2n) is 5.20. The fourth-order valence-corrected chi connectivity index (χ4v) is 2.38. The molecule has 0 aliphatic carbocycles. The molecule has 0 amide bonds. The molecule has 1 rings (SSSR count). The lowest BCUT2D eigenvalue weighted by Gasteiger charge is -2.22. The third-order valence-corrected chi connectivity index (χ3v) is 4.09. The summed E-state index contributed by atoms with van der Waals surface area (Å²) < 4.78 is 37.1. The van der Waals surface area contributed by atoms with E-state index in [9.17, 15) is 13.2 Å². The van der Waals surface area contributed by atoms with Crippen LogP contribution in [0.4, 0.5) is 13.2 Å². The average Bonchev–Trinajstić information content (AvgIpc) is 2.42. The zero-order valence-corrected chi connectivity index (χ0v) is 12.6. The summed E-state index contributed by atoms with van der Waals surface area (Å²) in [4.78, 5) is 3.78. The van der Waals surface area contributed by atoms with Crippen molar-refractivity contribution in [2.24, 2.45) is 16.3 Å². The first kappa shape index (κ1) is 17.6. The minimum Gasteiger partial charge on any atom is -0.409 e. The van der Waals surface area contributed by atoms with Crippen molar-refractivity contribution in [2.45, 2.75) is 37.9 Å². The molecule has 1 aromatic rings. The minimum absolute atomic E-state index is 0.167. The molecule has 3 N–H and O–H groups in total. The maximum Gasteiger partial charge on any atom is 0.417 e. The van der Waals surface area contributed by atoms with Gasteiger partial charge in [-0.1, -0.05) is 19.0 Å². The lowest BCUT2D eigenvalue weighted by Crippen LogP contribution is -2.31. The molecule has 0 fully saturated rings. The number of amidine groups is 1. The van der Waals surface area contributed by atoms with Crippen LogP contribution in [0.3, 0.4) is 0 Å². The summed E-state index contributed by atoms with van der Waals surface area (Å²) in [7, 11) is 0. The molecule has 8 heteroatoms. The van der Waals surface area contributed by atoms with Gasteiger partial charge in [-0.15, -0.1) is 11.8 Å². The normalized spacial score (nSPS) is 13.5. The number of rotatable bonds is 6. The third kappa shape index (κ3) is 5.45. The Hall–Kier alpha value is -1.44. The number of hydrogen-bond donors (Lipinski definition) is 2. The topological polar surface area (TPSA) is 71.5 Å². The molecule has 1 heterocycles. The van der Waals surface area contributed by atoms with E-state index in [2.05, 4.69) is 10.1 Å². The molecule has 1 aromatic heterocycles. The van der Waals surface area contributed by atoms with Crippen LogP contribution in [0.2, 0.25) is 0 Å². The van der Waals surface area contributed by atoms with Crippen molar-refractivity contribution < 1.29 is 18.4 Å². The highest BCUT2D eigenvalue weighted by Crippen LogP contribution is 2.30. The minimum atomic E-state index is -4.36. The standard InChI is InChI=1S/C13H18F3N3OS/c1-12(2,11(17)19-20)6-3-7-21-10-5-4-9(8-18-10)13(14,15)16/h4-5,8,20H,3,6-7H2,1-2H3,(H2,17,19). The molecule has 0 aliphatic rings. The predicted octanol–water partition coefficient (Wildman–Crippen LogP) is 3.75. The summed E-state index contributed by atoms with van der Waals surface area (Å²) in [5.74, 6) is 0.862. The Labute approximate surface area is 125 Å². The van der Waals surface area contributed by atoms with Crippen LogP contribution < -0.4 is 5.73 Å². The molecule has 0 spiro atoms. The van der Waals surface area contributed by atoms with E-state index in [1.54, 1.807) is 0 Å². The summed E-state index contributed by atoms with van der Waals surface area (Å²) in [6.07, 6.45) is -2.04. The largest absolute Gasteiger partial charge is 0.417 e. The summed E-state index contributed by atoms with van der Waals surface area (Å²) in [6, 6.07) is 2.39. The number of hydrogen-bond acceptors (Lipinski definition) is 4. The quantitative estimate of drug-likeness (QED) is 0.209. The van der Waals surface area contributed by atoms with Gasteiger partial charge in [-0.2, -0.15) is 13.2 Å². The maximum absolute atomic E-state index is 12.4. The molecule has 0 atom stereocenters. The molecule has 0 saturated carbocycles. The van der Waals surface area contributed by atoms with Crippen LogP contribution in [0.15, 0.2) is 28.5 Å². The molecule has 0 aliphatic heterocycles. The van der Waals surface area contributed by atoms with Gasteiger partial charge < -0.3 is 10.9 Å². The van der Waals surface area contributed by atoms with Gasteiger partial charge in [-0.25, -0.2) is 4.98 Å². The maximum atomic E-state index is 12.4. The molecule has 0 unspecified atom stereocenters. The van der Waals surface area contributed by atoms with E-state index in [0.29, 0.717) is 17.2 Å². The van der Waals surface area contributed by atoms with E-state index < -0.39 is 17.2 Å². The fourth-order valence-electron chi connectivity index (χ4n) is 1.59. The predicted molar refractivity (Wildman–Crippen MR) is 76.4 cm³/mol. The fraction of sp³-hybridized carbons (Fsp3) is 0.538. The van der Waals surface area contributed by atoms with Crippen LogP contribution in [0.5, 0.6) is 0 Å². The molecular formula is C13H18F3N3OS. The monoisotopic (exact) mass is 321 g/mol. The van der Waals surface area contributed by atoms with Crippen molar-refractivity contribution in [1.82, 2.24) is 4.98 Å². The SMILES string of the molecule is CC(C)(CCCSc1ccc(C(F)(F)F)cn1)C(N)=NO. The Bertz CT molecular complexity index is 486. The zero-order chi connectivity index (χ0) is 16.1. The van der Waals surface area contributed by atoms with Crippen molar-refractivity contribution in [3.63, 3.8) is 0 Å². The Morgan fingerprint density at radius 2 is 2.05 bits per heavy atom. The summed E-state index contributed by atoms with van der Waals surface area (Å²) in [5, 5.41) is 12.2. The van der Waals surface area contributed by atoms with Crippen molar-refractivity contribution in [3.05, 3.63) is 23.9 Å². The van der Waals surface area contributed by atoms with E-state index >= 15 is 0 Å². The van der Waals surface area contributed by atoms with Crippen molar-refractivity contribution in [2.75, 3.05) is 5.75 Å². The lowest BCUT2D eigenvalue weighted by molar-refractivity contribution is -0.137. The van der Waals surface area contributed by atoms with Gasteiger partial charge >= 0.3 is 6.18 Å².